The number of hydrogen-bond acceptors (Lipinski definition) is 2. The number of benzene rings is 1. The van der Waals surface area contributed by atoms with Crippen LogP contribution in [0.5, 0.6) is 5.75 Å². The van der Waals surface area contributed by atoms with Crippen molar-refractivity contribution in [3.8, 4) is 5.75 Å². The highest BCUT2D eigenvalue weighted by molar-refractivity contribution is 5.27. The third kappa shape index (κ3) is 5.03. The quantitative estimate of drug-likeness (QED) is 0.801. The molecule has 1 N–H and O–H groups in total. The van der Waals surface area contributed by atoms with Crippen LogP contribution in [0.25, 0.3) is 0 Å². The van der Waals surface area contributed by atoms with Gasteiger partial charge in [0.15, 0.2) is 0 Å². The normalized spacial score (nSPS) is 23.8. The number of methoxy groups -OCH3 is 1. The molecule has 0 heterocycles. The lowest BCUT2D eigenvalue weighted by Crippen LogP contribution is -2.40. The summed E-state index contributed by atoms with van der Waals surface area (Å²) < 4.78 is 5.25. The molecule has 1 saturated carbocycles. The van der Waals surface area contributed by atoms with Gasteiger partial charge in [0.1, 0.15) is 5.75 Å². The molecule has 2 nitrogen and oxygen atoms in total. The first-order valence-corrected chi connectivity index (χ1v) is 8.59. The Labute approximate surface area is 130 Å². The van der Waals surface area contributed by atoms with E-state index in [2.05, 4.69) is 43.4 Å². The highest BCUT2D eigenvalue weighted by atomic mass is 16.5. The van der Waals surface area contributed by atoms with Crippen LogP contribution in [-0.4, -0.2) is 19.7 Å². The molecule has 0 aromatic heterocycles. The molecule has 0 radical (unpaired) electrons. The second kappa shape index (κ2) is 8.43. The van der Waals surface area contributed by atoms with Crippen molar-refractivity contribution < 1.29 is 4.74 Å². The summed E-state index contributed by atoms with van der Waals surface area (Å²) >= 11 is 0. The van der Waals surface area contributed by atoms with Crippen molar-refractivity contribution in [2.45, 2.75) is 58.4 Å². The number of nitrogens with one attached hydrogen (secondary N) is 1. The van der Waals surface area contributed by atoms with Gasteiger partial charge in [0.25, 0.3) is 0 Å². The second-order valence-electron chi connectivity index (χ2n) is 6.64. The number of ether oxygens (including phenoxy) is 1. The highest BCUT2D eigenvalue weighted by Crippen LogP contribution is 2.32. The second-order valence-corrected chi connectivity index (χ2v) is 6.64. The zero-order chi connectivity index (χ0) is 15.1. The van der Waals surface area contributed by atoms with Crippen molar-refractivity contribution in [1.29, 1.82) is 0 Å². The highest BCUT2D eigenvalue weighted by Gasteiger charge is 2.26. The zero-order valence-electron chi connectivity index (χ0n) is 13.9. The van der Waals surface area contributed by atoms with Crippen LogP contribution in [0, 0.1) is 11.8 Å². The minimum Gasteiger partial charge on any atom is -0.497 e. The maximum Gasteiger partial charge on any atom is 0.118 e. The van der Waals surface area contributed by atoms with Gasteiger partial charge in [-0.1, -0.05) is 38.8 Å². The van der Waals surface area contributed by atoms with Crippen molar-refractivity contribution in [1.82, 2.24) is 5.32 Å². The van der Waals surface area contributed by atoms with Crippen molar-refractivity contribution >= 4 is 0 Å². The Balaban J connectivity index is 2.00. The molecule has 0 bridgehead atoms. The van der Waals surface area contributed by atoms with Gasteiger partial charge in [-0.25, -0.2) is 0 Å². The molecule has 0 aliphatic heterocycles. The summed E-state index contributed by atoms with van der Waals surface area (Å²) in [5, 5.41) is 3.81. The molecule has 1 aromatic rings. The Morgan fingerprint density at radius 2 is 2.00 bits per heavy atom. The lowest BCUT2D eigenvalue weighted by Gasteiger charge is -2.34. The van der Waals surface area contributed by atoms with Crippen molar-refractivity contribution in [2.75, 3.05) is 13.7 Å². The molecule has 2 heteroatoms. The van der Waals surface area contributed by atoms with E-state index in [0.29, 0.717) is 6.04 Å². The first-order valence-electron chi connectivity index (χ1n) is 8.59. The first kappa shape index (κ1) is 16.4. The van der Waals surface area contributed by atoms with Gasteiger partial charge in [-0.05, 0) is 61.8 Å². The Hall–Kier alpha value is -1.02. The molecule has 21 heavy (non-hydrogen) atoms. The van der Waals surface area contributed by atoms with E-state index >= 15 is 0 Å². The van der Waals surface area contributed by atoms with Gasteiger partial charge in [0.2, 0.25) is 0 Å². The monoisotopic (exact) mass is 289 g/mol. The van der Waals surface area contributed by atoms with Crippen LogP contribution in [0.1, 0.15) is 51.5 Å². The molecular formula is C19H31NO. The summed E-state index contributed by atoms with van der Waals surface area (Å²) in [7, 11) is 1.73. The predicted molar refractivity (Wildman–Crippen MR) is 89.9 cm³/mol. The van der Waals surface area contributed by atoms with E-state index < -0.39 is 0 Å². The molecule has 1 fully saturated rings. The van der Waals surface area contributed by atoms with E-state index in [1.54, 1.807) is 7.11 Å². The lowest BCUT2D eigenvalue weighted by atomic mass is 9.77. The molecule has 1 aromatic carbocycles. The molecule has 0 spiro atoms. The molecule has 1 aliphatic rings. The average molecular weight is 289 g/mol. The van der Waals surface area contributed by atoms with Crippen LogP contribution in [0.3, 0.4) is 0 Å². The van der Waals surface area contributed by atoms with E-state index in [1.165, 1.54) is 37.7 Å². The third-order valence-corrected chi connectivity index (χ3v) is 4.82. The van der Waals surface area contributed by atoms with Gasteiger partial charge < -0.3 is 10.1 Å². The molecule has 1 aliphatic carbocycles. The van der Waals surface area contributed by atoms with E-state index in [9.17, 15) is 0 Å². The molecular weight excluding hydrogens is 258 g/mol. The van der Waals surface area contributed by atoms with E-state index in [4.69, 9.17) is 4.74 Å². The van der Waals surface area contributed by atoms with Crippen LogP contribution in [-0.2, 0) is 6.42 Å². The SMILES string of the molecule is CCCNC(Cc1ccc(OC)cc1)C1CCCC(C)C1. The van der Waals surface area contributed by atoms with Crippen LogP contribution >= 0.6 is 0 Å². The van der Waals surface area contributed by atoms with Gasteiger partial charge in [-0.3, -0.25) is 0 Å². The van der Waals surface area contributed by atoms with Gasteiger partial charge in [-0.2, -0.15) is 0 Å². The Morgan fingerprint density at radius 3 is 2.62 bits per heavy atom. The zero-order valence-corrected chi connectivity index (χ0v) is 13.9. The van der Waals surface area contributed by atoms with Crippen molar-refractivity contribution in [3.63, 3.8) is 0 Å². The number of rotatable bonds is 7. The molecule has 0 saturated heterocycles. The van der Waals surface area contributed by atoms with Crippen LogP contribution in [0.2, 0.25) is 0 Å². The molecule has 0 amide bonds. The first-order chi connectivity index (χ1) is 10.2. The maximum absolute atomic E-state index is 5.25. The third-order valence-electron chi connectivity index (χ3n) is 4.82. The van der Waals surface area contributed by atoms with Crippen molar-refractivity contribution in [3.05, 3.63) is 29.8 Å². The topological polar surface area (TPSA) is 21.3 Å². The summed E-state index contributed by atoms with van der Waals surface area (Å²) in [5.41, 5.74) is 1.42. The van der Waals surface area contributed by atoms with E-state index in [1.807, 2.05) is 0 Å². The smallest absolute Gasteiger partial charge is 0.118 e. The molecule has 118 valence electrons. The molecule has 3 unspecified atom stereocenters. The van der Waals surface area contributed by atoms with Gasteiger partial charge >= 0.3 is 0 Å². The minimum atomic E-state index is 0.626. The fourth-order valence-electron chi connectivity index (χ4n) is 3.60. The van der Waals surface area contributed by atoms with E-state index in [0.717, 1.165) is 30.6 Å². The Morgan fingerprint density at radius 1 is 1.24 bits per heavy atom. The van der Waals surface area contributed by atoms with Crippen molar-refractivity contribution in [2.24, 2.45) is 11.8 Å². The Kier molecular flexibility index (Phi) is 6.56. The van der Waals surface area contributed by atoms with E-state index in [-0.39, 0.29) is 0 Å². The van der Waals surface area contributed by atoms with Crippen LogP contribution in [0.4, 0.5) is 0 Å². The maximum atomic E-state index is 5.25. The molecule has 3 atom stereocenters. The minimum absolute atomic E-state index is 0.626. The fourth-order valence-corrected chi connectivity index (χ4v) is 3.60. The summed E-state index contributed by atoms with van der Waals surface area (Å²) in [4.78, 5) is 0. The number of hydrogen-bond donors (Lipinski definition) is 1. The summed E-state index contributed by atoms with van der Waals surface area (Å²) in [5.74, 6) is 2.68. The summed E-state index contributed by atoms with van der Waals surface area (Å²) in [6.07, 6.45) is 7.94. The van der Waals surface area contributed by atoms with Crippen LogP contribution in [0.15, 0.2) is 24.3 Å². The summed E-state index contributed by atoms with van der Waals surface area (Å²) in [6, 6.07) is 9.21. The van der Waals surface area contributed by atoms with Gasteiger partial charge in [-0.15, -0.1) is 0 Å². The van der Waals surface area contributed by atoms with Crippen LogP contribution < -0.4 is 10.1 Å². The average Bonchev–Trinajstić information content (AvgIpc) is 2.52. The van der Waals surface area contributed by atoms with Gasteiger partial charge in [0, 0.05) is 6.04 Å². The summed E-state index contributed by atoms with van der Waals surface area (Å²) in [6.45, 7) is 5.79. The fraction of sp³-hybridized carbons (Fsp3) is 0.684. The lowest BCUT2D eigenvalue weighted by molar-refractivity contribution is 0.221. The standard InChI is InChI=1S/C19H31NO/c1-4-12-20-19(17-7-5-6-15(2)13-17)14-16-8-10-18(21-3)11-9-16/h8-11,15,17,19-20H,4-7,12-14H2,1-3H3. The molecule has 2 rings (SSSR count). The Bertz CT molecular complexity index is 401. The largest absolute Gasteiger partial charge is 0.497 e. The van der Waals surface area contributed by atoms with Gasteiger partial charge in [0.05, 0.1) is 7.11 Å². The predicted octanol–water partition coefficient (Wildman–Crippen LogP) is 4.43.